The van der Waals surface area contributed by atoms with E-state index in [1.54, 1.807) is 18.7 Å². The maximum Gasteiger partial charge on any atom is 0.146 e. The highest BCUT2D eigenvalue weighted by molar-refractivity contribution is 7.99. The molecule has 1 aliphatic rings. The summed E-state index contributed by atoms with van der Waals surface area (Å²) in [7, 11) is 0. The smallest absolute Gasteiger partial charge is 0.146 e. The first-order valence-corrected chi connectivity index (χ1v) is 7.07. The Balaban J connectivity index is 1.89. The highest BCUT2D eigenvalue weighted by atomic mass is 32.2. The fraction of sp³-hybridized carbons (Fsp3) is 0.200. The lowest BCUT2D eigenvalue weighted by molar-refractivity contribution is 0.593. The number of hydrogen-bond acceptors (Lipinski definition) is 2. The molecule has 0 radical (unpaired) electrons. The van der Waals surface area contributed by atoms with Crippen LogP contribution in [-0.2, 0) is 0 Å². The van der Waals surface area contributed by atoms with Gasteiger partial charge < -0.3 is 5.32 Å². The predicted molar refractivity (Wildman–Crippen MR) is 74.6 cm³/mol. The Kier molecular flexibility index (Phi) is 3.19. The van der Waals surface area contributed by atoms with Gasteiger partial charge in [0.1, 0.15) is 11.6 Å². The molecule has 0 amide bonds. The normalized spacial score (nSPS) is 17.3. The molecule has 1 heterocycles. The van der Waals surface area contributed by atoms with Crippen LogP contribution >= 0.6 is 11.8 Å². The molecule has 1 nitrogen and oxygen atoms in total. The average Bonchev–Trinajstić information content (AvgIpc) is 2.80. The molecule has 0 fully saturated rings. The van der Waals surface area contributed by atoms with Gasteiger partial charge in [0, 0.05) is 16.7 Å². The Bertz CT molecular complexity index is 628. The molecule has 4 heteroatoms. The summed E-state index contributed by atoms with van der Waals surface area (Å²) in [5.74, 6) is 0.0324. The lowest BCUT2D eigenvalue weighted by Crippen LogP contribution is -2.11. The molecule has 0 bridgehead atoms. The van der Waals surface area contributed by atoms with Crippen LogP contribution in [0.15, 0.2) is 41.3 Å². The molecule has 2 aromatic rings. The average molecular weight is 277 g/mol. The molecular formula is C15H13F2NS. The van der Waals surface area contributed by atoms with Crippen molar-refractivity contribution < 1.29 is 8.78 Å². The van der Waals surface area contributed by atoms with Crippen molar-refractivity contribution in [3.63, 3.8) is 0 Å². The number of thioether (sulfide) groups is 1. The van der Waals surface area contributed by atoms with Crippen molar-refractivity contribution in [1.82, 2.24) is 0 Å². The minimum absolute atomic E-state index is 0.0257. The van der Waals surface area contributed by atoms with Gasteiger partial charge in [-0.3, -0.25) is 0 Å². The van der Waals surface area contributed by atoms with Gasteiger partial charge in [0.25, 0.3) is 0 Å². The second-order valence-corrected chi connectivity index (χ2v) is 5.69. The number of halogens is 2. The van der Waals surface area contributed by atoms with Gasteiger partial charge in [-0.2, -0.15) is 0 Å². The molecule has 1 atom stereocenters. The van der Waals surface area contributed by atoms with Crippen molar-refractivity contribution in [1.29, 1.82) is 0 Å². The zero-order valence-corrected chi connectivity index (χ0v) is 11.2. The van der Waals surface area contributed by atoms with E-state index in [0.29, 0.717) is 5.56 Å². The quantitative estimate of drug-likeness (QED) is 0.865. The Morgan fingerprint density at radius 3 is 2.79 bits per heavy atom. The molecule has 0 saturated carbocycles. The van der Waals surface area contributed by atoms with E-state index >= 15 is 0 Å². The van der Waals surface area contributed by atoms with Crippen LogP contribution in [0.3, 0.4) is 0 Å². The summed E-state index contributed by atoms with van der Waals surface area (Å²) in [5, 5.41) is 3.10. The summed E-state index contributed by atoms with van der Waals surface area (Å²) in [5.41, 5.74) is 1.70. The van der Waals surface area contributed by atoms with Crippen molar-refractivity contribution in [2.24, 2.45) is 0 Å². The van der Waals surface area contributed by atoms with Crippen LogP contribution in [-0.4, -0.2) is 5.75 Å². The van der Waals surface area contributed by atoms with Gasteiger partial charge in [0.05, 0.1) is 11.7 Å². The van der Waals surface area contributed by atoms with Gasteiger partial charge in [-0.05, 0) is 30.2 Å². The number of anilines is 1. The minimum atomic E-state index is -0.409. The molecule has 0 spiro atoms. The minimum Gasteiger partial charge on any atom is -0.375 e. The van der Waals surface area contributed by atoms with E-state index in [0.717, 1.165) is 11.3 Å². The van der Waals surface area contributed by atoms with Crippen LogP contribution in [0.5, 0.6) is 0 Å². The van der Waals surface area contributed by atoms with E-state index < -0.39 is 5.82 Å². The van der Waals surface area contributed by atoms with Crippen LogP contribution in [0.1, 0.15) is 17.2 Å². The number of benzene rings is 2. The van der Waals surface area contributed by atoms with Crippen molar-refractivity contribution >= 4 is 17.4 Å². The second-order valence-electron chi connectivity index (χ2n) is 4.63. The Morgan fingerprint density at radius 2 is 1.95 bits per heavy atom. The topological polar surface area (TPSA) is 12.0 Å². The summed E-state index contributed by atoms with van der Waals surface area (Å²) in [6.07, 6.45) is 0. The van der Waals surface area contributed by atoms with Gasteiger partial charge in [-0.15, -0.1) is 11.8 Å². The van der Waals surface area contributed by atoms with E-state index in [9.17, 15) is 8.78 Å². The number of rotatable bonds is 2. The summed E-state index contributed by atoms with van der Waals surface area (Å²) >= 11 is 1.73. The third-order valence-electron chi connectivity index (χ3n) is 3.28. The summed E-state index contributed by atoms with van der Waals surface area (Å²) in [6.45, 7) is 1.56. The fourth-order valence-corrected chi connectivity index (χ4v) is 3.39. The Labute approximate surface area is 115 Å². The molecule has 0 aromatic heterocycles. The van der Waals surface area contributed by atoms with E-state index in [1.807, 2.05) is 24.3 Å². The van der Waals surface area contributed by atoms with E-state index in [1.165, 1.54) is 17.0 Å². The SMILES string of the molecule is Cc1cc(F)c(NC2CSc3ccccc32)cc1F. The number of fused-ring (bicyclic) bond motifs is 1. The van der Waals surface area contributed by atoms with Gasteiger partial charge in [0.2, 0.25) is 0 Å². The molecule has 2 aromatic carbocycles. The number of hydrogen-bond donors (Lipinski definition) is 1. The maximum absolute atomic E-state index is 13.8. The first kappa shape index (κ1) is 12.5. The predicted octanol–water partition coefficient (Wildman–Crippen LogP) is 4.53. The largest absolute Gasteiger partial charge is 0.375 e. The van der Waals surface area contributed by atoms with Crippen LogP contribution in [0.25, 0.3) is 0 Å². The van der Waals surface area contributed by atoms with E-state index in [2.05, 4.69) is 5.32 Å². The van der Waals surface area contributed by atoms with Crippen LogP contribution in [0.2, 0.25) is 0 Å². The van der Waals surface area contributed by atoms with Gasteiger partial charge in [-0.25, -0.2) is 8.78 Å². The third kappa shape index (κ3) is 2.32. The molecular weight excluding hydrogens is 264 g/mol. The maximum atomic E-state index is 13.8. The van der Waals surface area contributed by atoms with Crippen LogP contribution in [0.4, 0.5) is 14.5 Å². The Morgan fingerprint density at radius 1 is 1.16 bits per heavy atom. The first-order chi connectivity index (χ1) is 9.15. The number of aryl methyl sites for hydroxylation is 1. The number of nitrogens with one attached hydrogen (secondary N) is 1. The van der Waals surface area contributed by atoms with Crippen LogP contribution < -0.4 is 5.32 Å². The highest BCUT2D eigenvalue weighted by Crippen LogP contribution is 2.40. The fourth-order valence-electron chi connectivity index (χ4n) is 2.23. The molecule has 1 aliphatic heterocycles. The molecule has 19 heavy (non-hydrogen) atoms. The van der Waals surface area contributed by atoms with E-state index in [-0.39, 0.29) is 17.5 Å². The van der Waals surface area contributed by atoms with Crippen LogP contribution in [0, 0.1) is 18.6 Å². The van der Waals surface area contributed by atoms with Crippen molar-refractivity contribution in [2.75, 3.05) is 11.1 Å². The molecule has 98 valence electrons. The molecule has 0 saturated heterocycles. The zero-order chi connectivity index (χ0) is 13.4. The third-order valence-corrected chi connectivity index (χ3v) is 4.46. The summed E-state index contributed by atoms with van der Waals surface area (Å²) < 4.78 is 27.3. The molecule has 0 aliphatic carbocycles. The van der Waals surface area contributed by atoms with Gasteiger partial charge in [-0.1, -0.05) is 18.2 Å². The second kappa shape index (κ2) is 4.85. The summed E-state index contributed by atoms with van der Waals surface area (Å²) in [4.78, 5) is 1.20. The monoisotopic (exact) mass is 277 g/mol. The van der Waals surface area contributed by atoms with Crippen molar-refractivity contribution in [3.05, 3.63) is 59.2 Å². The van der Waals surface area contributed by atoms with Crippen molar-refractivity contribution in [2.45, 2.75) is 17.9 Å². The first-order valence-electron chi connectivity index (χ1n) is 6.09. The van der Waals surface area contributed by atoms with E-state index in [4.69, 9.17) is 0 Å². The Hall–Kier alpha value is -1.55. The van der Waals surface area contributed by atoms with Crippen molar-refractivity contribution in [3.8, 4) is 0 Å². The lowest BCUT2D eigenvalue weighted by Gasteiger charge is -2.16. The lowest BCUT2D eigenvalue weighted by atomic mass is 10.1. The zero-order valence-electron chi connectivity index (χ0n) is 10.4. The molecule has 1 N–H and O–H groups in total. The molecule has 3 rings (SSSR count). The summed E-state index contributed by atoms with van der Waals surface area (Å²) in [6, 6.07) is 10.5. The standard InChI is InChI=1S/C15H13F2NS/c1-9-6-12(17)13(7-11(9)16)18-14-8-19-15-5-3-2-4-10(14)15/h2-7,14,18H,8H2,1H3. The highest BCUT2D eigenvalue weighted by Gasteiger charge is 2.23. The van der Waals surface area contributed by atoms with Gasteiger partial charge >= 0.3 is 0 Å². The van der Waals surface area contributed by atoms with Gasteiger partial charge in [0.15, 0.2) is 0 Å². The molecule has 1 unspecified atom stereocenters.